The number of aryl methyl sites for hydroxylation is 1. The summed E-state index contributed by atoms with van der Waals surface area (Å²) in [6, 6.07) is 11.6. The molecule has 1 aliphatic rings. The minimum Gasteiger partial charge on any atom is -0.381 e. The molecule has 1 saturated heterocycles. The second-order valence-electron chi connectivity index (χ2n) is 6.32. The average molecular weight is 336 g/mol. The Hall–Kier alpha value is -2.86. The molecule has 5 nitrogen and oxygen atoms in total. The number of benzene rings is 1. The van der Waals surface area contributed by atoms with E-state index in [0.717, 1.165) is 17.1 Å². The second kappa shape index (κ2) is 5.89. The molecule has 1 aromatic carbocycles. The highest BCUT2D eigenvalue weighted by Gasteiger charge is 2.43. The van der Waals surface area contributed by atoms with Crippen LogP contribution in [-0.4, -0.2) is 33.1 Å². The largest absolute Gasteiger partial charge is 0.381 e. The number of nitrogens with zero attached hydrogens (tertiary/aromatic N) is 4. The fourth-order valence-electron chi connectivity index (χ4n) is 3.03. The maximum Gasteiger partial charge on any atom is 0.161 e. The highest BCUT2D eigenvalue weighted by atomic mass is 19.1. The SMILES string of the molecule is Cc1cc(N2CC(O)(c3ccc(F)cc3)C2)nc(-c2ccncc2)n1. The Morgan fingerprint density at radius 2 is 1.72 bits per heavy atom. The monoisotopic (exact) mass is 336 g/mol. The van der Waals surface area contributed by atoms with Crippen molar-refractivity contribution in [2.45, 2.75) is 12.5 Å². The van der Waals surface area contributed by atoms with Gasteiger partial charge in [-0.3, -0.25) is 4.98 Å². The Bertz CT molecular complexity index is 893. The van der Waals surface area contributed by atoms with E-state index < -0.39 is 5.60 Å². The van der Waals surface area contributed by atoms with Crippen molar-refractivity contribution in [3.63, 3.8) is 0 Å². The van der Waals surface area contributed by atoms with Crippen LogP contribution >= 0.6 is 0 Å². The summed E-state index contributed by atoms with van der Waals surface area (Å²) in [6.45, 7) is 2.73. The Kier molecular flexibility index (Phi) is 3.69. The minimum absolute atomic E-state index is 0.308. The average Bonchev–Trinajstić information content (AvgIpc) is 2.60. The van der Waals surface area contributed by atoms with Gasteiger partial charge in [-0.2, -0.15) is 0 Å². The van der Waals surface area contributed by atoms with Gasteiger partial charge in [-0.15, -0.1) is 0 Å². The lowest BCUT2D eigenvalue weighted by Crippen LogP contribution is -2.59. The van der Waals surface area contributed by atoms with E-state index in [4.69, 9.17) is 0 Å². The Morgan fingerprint density at radius 3 is 2.40 bits per heavy atom. The van der Waals surface area contributed by atoms with Gasteiger partial charge in [0.05, 0.1) is 13.1 Å². The number of pyridine rings is 1. The van der Waals surface area contributed by atoms with Crippen LogP contribution in [0.5, 0.6) is 0 Å². The van der Waals surface area contributed by atoms with Crippen molar-refractivity contribution in [3.8, 4) is 11.4 Å². The maximum absolute atomic E-state index is 13.1. The van der Waals surface area contributed by atoms with Crippen molar-refractivity contribution in [1.29, 1.82) is 0 Å². The van der Waals surface area contributed by atoms with Gasteiger partial charge in [-0.05, 0) is 36.8 Å². The summed E-state index contributed by atoms with van der Waals surface area (Å²) in [5.41, 5.74) is 1.48. The van der Waals surface area contributed by atoms with Gasteiger partial charge >= 0.3 is 0 Å². The molecule has 1 fully saturated rings. The zero-order valence-electron chi connectivity index (χ0n) is 13.7. The van der Waals surface area contributed by atoms with Crippen molar-refractivity contribution < 1.29 is 9.50 Å². The van der Waals surface area contributed by atoms with E-state index in [-0.39, 0.29) is 5.82 Å². The first-order valence-electron chi connectivity index (χ1n) is 8.03. The molecule has 0 aliphatic carbocycles. The smallest absolute Gasteiger partial charge is 0.161 e. The van der Waals surface area contributed by atoms with Crippen molar-refractivity contribution in [1.82, 2.24) is 15.0 Å². The van der Waals surface area contributed by atoms with E-state index in [2.05, 4.69) is 15.0 Å². The summed E-state index contributed by atoms with van der Waals surface area (Å²) in [5, 5.41) is 10.7. The lowest BCUT2D eigenvalue weighted by atomic mass is 9.86. The molecule has 3 aromatic rings. The fraction of sp³-hybridized carbons (Fsp3) is 0.211. The Morgan fingerprint density at radius 1 is 1.04 bits per heavy atom. The third-order valence-electron chi connectivity index (χ3n) is 4.39. The predicted molar refractivity (Wildman–Crippen MR) is 92.5 cm³/mol. The predicted octanol–water partition coefficient (Wildman–Crippen LogP) is 2.69. The van der Waals surface area contributed by atoms with Crippen LogP contribution < -0.4 is 4.90 Å². The van der Waals surface area contributed by atoms with E-state index in [9.17, 15) is 9.50 Å². The van der Waals surface area contributed by atoms with Crippen molar-refractivity contribution in [2.24, 2.45) is 0 Å². The molecule has 2 aromatic heterocycles. The van der Waals surface area contributed by atoms with E-state index in [1.807, 2.05) is 30.0 Å². The van der Waals surface area contributed by atoms with Gasteiger partial charge < -0.3 is 10.0 Å². The first-order valence-corrected chi connectivity index (χ1v) is 8.03. The van der Waals surface area contributed by atoms with Crippen LogP contribution in [0.3, 0.4) is 0 Å². The molecule has 0 spiro atoms. The Balaban J connectivity index is 1.58. The summed E-state index contributed by atoms with van der Waals surface area (Å²) in [7, 11) is 0. The molecule has 0 amide bonds. The molecular formula is C19H17FN4O. The molecule has 0 bridgehead atoms. The van der Waals surface area contributed by atoms with Gasteiger partial charge in [0.25, 0.3) is 0 Å². The zero-order chi connectivity index (χ0) is 17.4. The van der Waals surface area contributed by atoms with E-state index in [1.165, 1.54) is 12.1 Å². The van der Waals surface area contributed by atoms with E-state index >= 15 is 0 Å². The van der Waals surface area contributed by atoms with Crippen LogP contribution in [0.1, 0.15) is 11.3 Å². The first-order chi connectivity index (χ1) is 12.0. The molecule has 1 N–H and O–H groups in total. The Labute approximate surface area is 144 Å². The number of β-amino-alcohol motifs (C(OH)–C–C–N with tert-alkyl or cyclic N) is 1. The fourth-order valence-corrected chi connectivity index (χ4v) is 3.03. The molecule has 0 unspecified atom stereocenters. The minimum atomic E-state index is -0.983. The molecule has 0 radical (unpaired) electrons. The normalized spacial score (nSPS) is 15.7. The number of hydrogen-bond acceptors (Lipinski definition) is 5. The summed E-state index contributed by atoms with van der Waals surface area (Å²) in [6.07, 6.45) is 3.41. The van der Waals surface area contributed by atoms with Crippen LogP contribution in [0.4, 0.5) is 10.2 Å². The maximum atomic E-state index is 13.1. The van der Waals surface area contributed by atoms with Crippen LogP contribution in [0.2, 0.25) is 0 Å². The van der Waals surface area contributed by atoms with Crippen molar-refractivity contribution in [3.05, 3.63) is 71.9 Å². The van der Waals surface area contributed by atoms with Crippen molar-refractivity contribution >= 4 is 5.82 Å². The second-order valence-corrected chi connectivity index (χ2v) is 6.32. The lowest BCUT2D eigenvalue weighted by molar-refractivity contribution is 0.00699. The summed E-state index contributed by atoms with van der Waals surface area (Å²) < 4.78 is 13.1. The van der Waals surface area contributed by atoms with Crippen molar-refractivity contribution in [2.75, 3.05) is 18.0 Å². The number of aromatic nitrogens is 3. The van der Waals surface area contributed by atoms with E-state index in [1.54, 1.807) is 24.5 Å². The van der Waals surface area contributed by atoms with Crippen LogP contribution in [0, 0.1) is 12.7 Å². The zero-order valence-corrected chi connectivity index (χ0v) is 13.7. The molecule has 25 heavy (non-hydrogen) atoms. The molecule has 1 aliphatic heterocycles. The first kappa shape index (κ1) is 15.7. The molecule has 3 heterocycles. The molecule has 0 atom stereocenters. The van der Waals surface area contributed by atoms with Crippen LogP contribution in [-0.2, 0) is 5.60 Å². The van der Waals surface area contributed by atoms with Gasteiger partial charge in [0.15, 0.2) is 5.82 Å². The van der Waals surface area contributed by atoms with Crippen LogP contribution in [0.15, 0.2) is 54.9 Å². The lowest BCUT2D eigenvalue weighted by Gasteiger charge is -2.47. The standard InChI is InChI=1S/C19H17FN4O/c1-13-10-17(23-18(22-13)14-6-8-21-9-7-14)24-11-19(25,12-24)15-2-4-16(20)5-3-15/h2-10,25H,11-12H2,1H3. The molecule has 0 saturated carbocycles. The highest BCUT2D eigenvalue weighted by molar-refractivity contribution is 5.58. The van der Waals surface area contributed by atoms with Gasteiger partial charge in [-0.25, -0.2) is 14.4 Å². The quantitative estimate of drug-likeness (QED) is 0.797. The molecule has 6 heteroatoms. The van der Waals surface area contributed by atoms with Gasteiger partial charge in [0.1, 0.15) is 17.2 Å². The number of halogens is 1. The number of rotatable bonds is 3. The molecule has 126 valence electrons. The number of hydrogen-bond donors (Lipinski definition) is 1. The van der Waals surface area contributed by atoms with Gasteiger partial charge in [0.2, 0.25) is 0 Å². The van der Waals surface area contributed by atoms with Crippen LogP contribution in [0.25, 0.3) is 11.4 Å². The number of aliphatic hydroxyl groups is 1. The third-order valence-corrected chi connectivity index (χ3v) is 4.39. The summed E-state index contributed by atoms with van der Waals surface area (Å²) in [5.74, 6) is 1.10. The summed E-state index contributed by atoms with van der Waals surface area (Å²) >= 11 is 0. The third kappa shape index (κ3) is 2.96. The molecule has 4 rings (SSSR count). The topological polar surface area (TPSA) is 62.1 Å². The molecular weight excluding hydrogens is 319 g/mol. The van der Waals surface area contributed by atoms with Gasteiger partial charge in [0, 0.05) is 29.7 Å². The number of anilines is 1. The van der Waals surface area contributed by atoms with Gasteiger partial charge in [-0.1, -0.05) is 12.1 Å². The van der Waals surface area contributed by atoms with E-state index in [0.29, 0.717) is 24.5 Å². The highest BCUT2D eigenvalue weighted by Crippen LogP contribution is 2.35. The summed E-state index contributed by atoms with van der Waals surface area (Å²) in [4.78, 5) is 15.1.